The Balaban J connectivity index is 2.81. The quantitative estimate of drug-likeness (QED) is 0.739. The van der Waals surface area contributed by atoms with Crippen LogP contribution in [0.4, 0.5) is 0 Å². The average molecular weight is 229 g/mol. The molecular formula is C14H15NO2. The lowest BCUT2D eigenvalue weighted by Gasteiger charge is -2.00. The molecule has 0 unspecified atom stereocenters. The summed E-state index contributed by atoms with van der Waals surface area (Å²) in [6.45, 7) is 5.76. The minimum atomic E-state index is -0.352. The van der Waals surface area contributed by atoms with Crippen molar-refractivity contribution in [1.29, 1.82) is 0 Å². The van der Waals surface area contributed by atoms with Gasteiger partial charge in [0.15, 0.2) is 5.42 Å². The Labute approximate surface area is 99.3 Å². The molecule has 2 aromatic rings. The van der Waals surface area contributed by atoms with Crippen molar-refractivity contribution in [2.75, 3.05) is 0 Å². The van der Waals surface area contributed by atoms with E-state index in [0.717, 1.165) is 16.6 Å². The highest BCUT2D eigenvalue weighted by atomic mass is 16.4. The second-order valence-corrected chi connectivity index (χ2v) is 3.87. The van der Waals surface area contributed by atoms with Crippen molar-refractivity contribution in [3.05, 3.63) is 51.1 Å². The van der Waals surface area contributed by atoms with E-state index in [4.69, 9.17) is 4.42 Å². The van der Waals surface area contributed by atoms with E-state index >= 15 is 0 Å². The molecule has 0 atom stereocenters. The smallest absolute Gasteiger partial charge is 0.408 e. The predicted molar refractivity (Wildman–Crippen MR) is 68.6 cm³/mol. The highest BCUT2D eigenvalue weighted by molar-refractivity contribution is 5.36. The van der Waals surface area contributed by atoms with Gasteiger partial charge in [-0.15, -0.1) is 0 Å². The summed E-state index contributed by atoms with van der Waals surface area (Å²) in [6.07, 6.45) is 3.67. The van der Waals surface area contributed by atoms with Crippen molar-refractivity contribution < 1.29 is 4.42 Å². The molecule has 1 aromatic heterocycles. The van der Waals surface area contributed by atoms with Crippen LogP contribution >= 0.6 is 0 Å². The Hall–Kier alpha value is -2.03. The van der Waals surface area contributed by atoms with Gasteiger partial charge < -0.3 is 4.42 Å². The lowest BCUT2D eigenvalue weighted by Crippen LogP contribution is -2.30. The fourth-order valence-electron chi connectivity index (χ4n) is 1.82. The Morgan fingerprint density at radius 2 is 1.76 bits per heavy atom. The number of hydrogen-bond donors (Lipinski definition) is 0. The van der Waals surface area contributed by atoms with E-state index < -0.39 is 0 Å². The van der Waals surface area contributed by atoms with Crippen LogP contribution in [0.5, 0.6) is 0 Å². The van der Waals surface area contributed by atoms with Crippen LogP contribution in [-0.2, 0) is 0 Å². The largest absolute Gasteiger partial charge is 0.424 e. The van der Waals surface area contributed by atoms with Gasteiger partial charge in [-0.05, 0) is 39.0 Å². The fourth-order valence-corrected chi connectivity index (χ4v) is 1.82. The van der Waals surface area contributed by atoms with Crippen LogP contribution in [0.15, 0.2) is 33.5 Å². The molecule has 0 N–H and O–H groups in total. The molecule has 0 bridgehead atoms. The molecule has 0 spiro atoms. The number of rotatable bonds is 1. The summed E-state index contributed by atoms with van der Waals surface area (Å²) in [5.74, 6) is -0.352. The van der Waals surface area contributed by atoms with Crippen LogP contribution in [-0.4, -0.2) is 4.57 Å². The number of benzene rings is 1. The first kappa shape index (κ1) is 11.5. The van der Waals surface area contributed by atoms with Crippen LogP contribution in [0.3, 0.4) is 0 Å². The second kappa shape index (κ2) is 4.45. The summed E-state index contributed by atoms with van der Waals surface area (Å²) in [7, 11) is 0. The predicted octanol–water partition coefficient (Wildman–Crippen LogP) is 1.34. The van der Waals surface area contributed by atoms with Gasteiger partial charge in [0, 0.05) is 0 Å². The lowest BCUT2D eigenvalue weighted by molar-refractivity contribution is 0.477. The molecule has 0 aliphatic heterocycles. The van der Waals surface area contributed by atoms with Gasteiger partial charge in [-0.1, -0.05) is 23.8 Å². The fraction of sp³-hybridized carbons (Fsp3) is 0.214. The highest BCUT2D eigenvalue weighted by Gasteiger charge is 2.06. The van der Waals surface area contributed by atoms with Crippen LogP contribution < -0.4 is 16.5 Å². The number of nitrogens with zero attached hydrogens (tertiary/aromatic N) is 1. The van der Waals surface area contributed by atoms with Gasteiger partial charge >= 0.3 is 5.76 Å². The maximum absolute atomic E-state index is 11.8. The molecule has 0 fully saturated rings. The Morgan fingerprint density at radius 1 is 1.12 bits per heavy atom. The van der Waals surface area contributed by atoms with Crippen molar-refractivity contribution in [3.63, 3.8) is 0 Å². The van der Waals surface area contributed by atoms with Gasteiger partial charge in [0.2, 0.25) is 0 Å². The topological polar surface area (TPSA) is 35.1 Å². The summed E-state index contributed by atoms with van der Waals surface area (Å²) >= 11 is 0. The average Bonchev–Trinajstić information content (AvgIpc) is 2.66. The molecule has 0 saturated carbocycles. The maximum Gasteiger partial charge on any atom is 0.424 e. The highest BCUT2D eigenvalue weighted by Crippen LogP contribution is 2.04. The Bertz CT molecular complexity index is 687. The van der Waals surface area contributed by atoms with E-state index in [0.29, 0.717) is 5.42 Å². The molecule has 0 aliphatic rings. The molecule has 17 heavy (non-hydrogen) atoms. The van der Waals surface area contributed by atoms with E-state index in [1.807, 2.05) is 51.1 Å². The van der Waals surface area contributed by atoms with Crippen molar-refractivity contribution >= 4 is 12.2 Å². The maximum atomic E-state index is 11.8. The molecule has 2 rings (SSSR count). The molecule has 0 amide bonds. The van der Waals surface area contributed by atoms with Gasteiger partial charge in [0.1, 0.15) is 0 Å². The second-order valence-electron chi connectivity index (χ2n) is 3.87. The third-order valence-electron chi connectivity index (χ3n) is 2.70. The summed E-state index contributed by atoms with van der Waals surface area (Å²) in [5.41, 5.74) is 2.60. The summed E-state index contributed by atoms with van der Waals surface area (Å²) in [4.78, 5) is 11.8. The normalized spacial score (nSPS) is 13.4. The monoisotopic (exact) mass is 229 g/mol. The van der Waals surface area contributed by atoms with E-state index in [1.54, 1.807) is 10.6 Å². The van der Waals surface area contributed by atoms with Crippen molar-refractivity contribution in [3.8, 4) is 5.69 Å². The third-order valence-corrected chi connectivity index (χ3v) is 2.70. The molecule has 1 aromatic carbocycles. The van der Waals surface area contributed by atoms with Crippen molar-refractivity contribution in [1.82, 2.24) is 4.57 Å². The summed E-state index contributed by atoms with van der Waals surface area (Å²) in [5, 5.41) is 0.793. The summed E-state index contributed by atoms with van der Waals surface area (Å²) in [6, 6.07) is 7.78. The van der Waals surface area contributed by atoms with Gasteiger partial charge in [-0.3, -0.25) is 0 Å². The zero-order valence-electron chi connectivity index (χ0n) is 10.2. The lowest BCUT2D eigenvalue weighted by atomic mass is 10.2. The van der Waals surface area contributed by atoms with E-state index in [9.17, 15) is 4.79 Å². The first-order valence-electron chi connectivity index (χ1n) is 5.59. The molecule has 3 nitrogen and oxygen atoms in total. The Kier molecular flexibility index (Phi) is 3.00. The van der Waals surface area contributed by atoms with Crippen LogP contribution in [0.25, 0.3) is 17.8 Å². The van der Waals surface area contributed by atoms with Gasteiger partial charge in [0.25, 0.3) is 0 Å². The van der Waals surface area contributed by atoms with E-state index in [-0.39, 0.29) is 5.76 Å². The van der Waals surface area contributed by atoms with E-state index in [2.05, 4.69) is 0 Å². The van der Waals surface area contributed by atoms with Crippen LogP contribution in [0, 0.1) is 6.92 Å². The molecule has 0 saturated heterocycles. The zero-order valence-corrected chi connectivity index (χ0v) is 10.2. The van der Waals surface area contributed by atoms with Crippen LogP contribution in [0.2, 0.25) is 0 Å². The molecule has 1 heterocycles. The Morgan fingerprint density at radius 3 is 2.29 bits per heavy atom. The number of hydrogen-bond acceptors (Lipinski definition) is 2. The van der Waals surface area contributed by atoms with Gasteiger partial charge in [-0.2, -0.15) is 0 Å². The SMILES string of the molecule is C/C=c1\oc(=O)n(-c2ccc(C)cc2)\c1=C/C. The number of aromatic nitrogens is 1. The van der Waals surface area contributed by atoms with Gasteiger partial charge in [0.05, 0.1) is 11.0 Å². The van der Waals surface area contributed by atoms with E-state index in [1.165, 1.54) is 0 Å². The first-order valence-corrected chi connectivity index (χ1v) is 5.59. The molecule has 3 heteroatoms. The van der Waals surface area contributed by atoms with Gasteiger partial charge in [-0.25, -0.2) is 9.36 Å². The van der Waals surface area contributed by atoms with Crippen molar-refractivity contribution in [2.45, 2.75) is 20.8 Å². The standard InChI is InChI=1S/C14H15NO2/c1-4-12-13(5-2)17-14(16)15(12)11-8-6-10(3)7-9-11/h4-9H,1-3H3/b12-4-,13-5-. The zero-order chi connectivity index (χ0) is 12.4. The van der Waals surface area contributed by atoms with Crippen LogP contribution in [0.1, 0.15) is 19.4 Å². The van der Waals surface area contributed by atoms with Crippen molar-refractivity contribution in [2.24, 2.45) is 0 Å². The molecule has 0 aliphatic carbocycles. The molecular weight excluding hydrogens is 214 g/mol. The summed E-state index contributed by atoms with van der Waals surface area (Å²) < 4.78 is 6.77. The number of aryl methyl sites for hydroxylation is 1. The number of oxazole rings is 1. The minimum Gasteiger partial charge on any atom is -0.408 e. The molecule has 88 valence electrons. The third kappa shape index (κ3) is 1.96. The molecule has 0 radical (unpaired) electrons. The first-order chi connectivity index (χ1) is 8.17. The minimum absolute atomic E-state index is 0.352.